The molecule has 0 spiro atoms. The summed E-state index contributed by atoms with van der Waals surface area (Å²) in [5.74, 6) is -2.66. The topological polar surface area (TPSA) is 103 Å². The maximum atomic E-state index is 12.1. The van der Waals surface area contributed by atoms with Gasteiger partial charge in [0.25, 0.3) is 5.69 Å². The third-order valence-electron chi connectivity index (χ3n) is 1.93. The minimum absolute atomic E-state index is 0.0971. The van der Waals surface area contributed by atoms with Gasteiger partial charge in [-0.05, 0) is 6.92 Å². The molecule has 0 saturated carbocycles. The molecular formula is C9H7F3N2O5. The highest BCUT2D eigenvalue weighted by atomic mass is 19.4. The van der Waals surface area contributed by atoms with Crippen molar-refractivity contribution in [1.82, 2.24) is 4.98 Å². The molecule has 1 rings (SSSR count). The van der Waals surface area contributed by atoms with E-state index in [-0.39, 0.29) is 5.69 Å². The van der Waals surface area contributed by atoms with Gasteiger partial charge in [0.15, 0.2) is 0 Å². The van der Waals surface area contributed by atoms with Crippen LogP contribution in [0.2, 0.25) is 0 Å². The van der Waals surface area contributed by atoms with Crippen molar-refractivity contribution < 1.29 is 32.7 Å². The molecule has 19 heavy (non-hydrogen) atoms. The molecule has 0 bridgehead atoms. The van der Waals surface area contributed by atoms with Gasteiger partial charge in [0.05, 0.1) is 11.3 Å². The Morgan fingerprint density at radius 3 is 2.58 bits per heavy atom. The molecule has 0 atom stereocenters. The van der Waals surface area contributed by atoms with Crippen molar-refractivity contribution in [1.29, 1.82) is 0 Å². The van der Waals surface area contributed by atoms with E-state index in [0.29, 0.717) is 0 Å². The fraction of sp³-hybridized carbons (Fsp3) is 0.333. The summed E-state index contributed by atoms with van der Waals surface area (Å²) in [6.45, 7) is 1.22. The molecule has 0 fully saturated rings. The first-order valence-electron chi connectivity index (χ1n) is 4.72. The van der Waals surface area contributed by atoms with Gasteiger partial charge in [0.1, 0.15) is 5.56 Å². The van der Waals surface area contributed by atoms with Crippen molar-refractivity contribution in [3.8, 4) is 5.88 Å². The first kappa shape index (κ1) is 14.7. The quantitative estimate of drug-likeness (QED) is 0.666. The smallest absolute Gasteiger partial charge is 0.481 e. The predicted octanol–water partition coefficient (Wildman–Crippen LogP) is 1.82. The molecule has 0 aliphatic rings. The number of rotatable bonds is 4. The SMILES string of the molecule is Cc1cc([N+](=O)[O-])c(CC(=O)O)c(OC(F)(F)F)n1. The summed E-state index contributed by atoms with van der Waals surface area (Å²) >= 11 is 0. The molecule has 1 heterocycles. The van der Waals surface area contributed by atoms with Gasteiger partial charge in [-0.25, -0.2) is 4.98 Å². The number of carbonyl (C=O) groups is 1. The number of ether oxygens (including phenoxy) is 1. The van der Waals surface area contributed by atoms with E-state index < -0.39 is 40.8 Å². The lowest BCUT2D eigenvalue weighted by Gasteiger charge is -2.12. The zero-order chi connectivity index (χ0) is 14.8. The van der Waals surface area contributed by atoms with Crippen molar-refractivity contribution in [2.75, 3.05) is 0 Å². The number of nitro groups is 1. The predicted molar refractivity (Wildman–Crippen MR) is 53.7 cm³/mol. The van der Waals surface area contributed by atoms with E-state index in [2.05, 4.69) is 9.72 Å². The maximum absolute atomic E-state index is 12.1. The maximum Gasteiger partial charge on any atom is 0.574 e. The van der Waals surface area contributed by atoms with E-state index in [1.54, 1.807) is 0 Å². The molecule has 0 unspecified atom stereocenters. The third-order valence-corrected chi connectivity index (χ3v) is 1.93. The second kappa shape index (κ2) is 5.08. The van der Waals surface area contributed by atoms with E-state index in [4.69, 9.17) is 5.11 Å². The third kappa shape index (κ3) is 4.08. The van der Waals surface area contributed by atoms with Crippen LogP contribution in [0.1, 0.15) is 11.3 Å². The summed E-state index contributed by atoms with van der Waals surface area (Å²) in [5.41, 5.74) is -1.62. The van der Waals surface area contributed by atoms with Crippen LogP contribution >= 0.6 is 0 Å². The van der Waals surface area contributed by atoms with Gasteiger partial charge in [-0.15, -0.1) is 13.2 Å². The van der Waals surface area contributed by atoms with Gasteiger partial charge in [-0.1, -0.05) is 0 Å². The van der Waals surface area contributed by atoms with Crippen molar-refractivity contribution in [2.45, 2.75) is 19.7 Å². The molecule has 0 aliphatic heterocycles. The summed E-state index contributed by atoms with van der Waals surface area (Å²) < 4.78 is 40.0. The number of nitrogens with zero attached hydrogens (tertiary/aromatic N) is 2. The number of aromatic nitrogens is 1. The monoisotopic (exact) mass is 280 g/mol. The van der Waals surface area contributed by atoms with Crippen LogP contribution in [-0.4, -0.2) is 27.3 Å². The van der Waals surface area contributed by atoms with Gasteiger partial charge >= 0.3 is 12.3 Å². The lowest BCUT2D eigenvalue weighted by molar-refractivity contribution is -0.385. The Morgan fingerprint density at radius 2 is 2.16 bits per heavy atom. The van der Waals surface area contributed by atoms with Crippen molar-refractivity contribution in [3.63, 3.8) is 0 Å². The lowest BCUT2D eigenvalue weighted by Crippen LogP contribution is -2.20. The lowest BCUT2D eigenvalue weighted by atomic mass is 10.1. The Morgan fingerprint density at radius 1 is 1.58 bits per heavy atom. The molecule has 0 aromatic carbocycles. The van der Waals surface area contributed by atoms with E-state index in [1.165, 1.54) is 6.92 Å². The number of aliphatic carboxylic acids is 1. The molecule has 0 saturated heterocycles. The van der Waals surface area contributed by atoms with Crippen LogP contribution in [0.3, 0.4) is 0 Å². The molecule has 10 heteroatoms. The Balaban J connectivity index is 3.41. The second-order valence-corrected chi connectivity index (χ2v) is 3.44. The number of carboxylic acid groups (broad SMARTS) is 1. The fourth-order valence-electron chi connectivity index (χ4n) is 1.33. The Bertz CT molecular complexity index is 529. The first-order chi connectivity index (χ1) is 8.60. The molecule has 1 aromatic heterocycles. The standard InChI is InChI=1S/C9H7F3N2O5/c1-4-2-6(14(17)18)5(3-7(15)16)8(13-4)19-9(10,11)12/h2H,3H2,1H3,(H,15,16). The number of halogens is 3. The highest BCUT2D eigenvalue weighted by Gasteiger charge is 2.35. The van der Waals surface area contributed by atoms with Crippen molar-refractivity contribution in [2.24, 2.45) is 0 Å². The number of hydrogen-bond acceptors (Lipinski definition) is 5. The molecular weight excluding hydrogens is 273 g/mol. The van der Waals surface area contributed by atoms with Gasteiger partial charge < -0.3 is 9.84 Å². The average molecular weight is 280 g/mol. The minimum Gasteiger partial charge on any atom is -0.481 e. The second-order valence-electron chi connectivity index (χ2n) is 3.44. The van der Waals surface area contributed by atoms with E-state index in [1.807, 2.05) is 0 Å². The summed E-state index contributed by atoms with van der Waals surface area (Å²) in [6, 6.07) is 0.876. The van der Waals surface area contributed by atoms with Crippen LogP contribution < -0.4 is 4.74 Å². The molecule has 1 N–H and O–H groups in total. The van der Waals surface area contributed by atoms with Crippen LogP contribution in [0.25, 0.3) is 0 Å². The van der Waals surface area contributed by atoms with Gasteiger partial charge in [-0.2, -0.15) is 0 Å². The van der Waals surface area contributed by atoms with Crippen LogP contribution in [0.5, 0.6) is 5.88 Å². The molecule has 104 valence electrons. The Kier molecular flexibility index (Phi) is 3.92. The van der Waals surface area contributed by atoms with Crippen LogP contribution in [-0.2, 0) is 11.2 Å². The number of hydrogen-bond donors (Lipinski definition) is 1. The largest absolute Gasteiger partial charge is 0.574 e. The van der Waals surface area contributed by atoms with Crippen molar-refractivity contribution in [3.05, 3.63) is 27.4 Å². The number of pyridine rings is 1. The molecule has 7 nitrogen and oxygen atoms in total. The minimum atomic E-state index is -5.12. The summed E-state index contributed by atoms with van der Waals surface area (Å²) in [7, 11) is 0. The Hall–Kier alpha value is -2.39. The molecule has 0 radical (unpaired) electrons. The highest BCUT2D eigenvalue weighted by molar-refractivity contribution is 5.73. The molecule has 1 aromatic rings. The normalized spacial score (nSPS) is 11.2. The average Bonchev–Trinajstić information content (AvgIpc) is 2.18. The summed E-state index contributed by atoms with van der Waals surface area (Å²) in [4.78, 5) is 23.6. The highest BCUT2D eigenvalue weighted by Crippen LogP contribution is 2.31. The van der Waals surface area contributed by atoms with Crippen LogP contribution in [0.15, 0.2) is 6.07 Å². The zero-order valence-corrected chi connectivity index (χ0v) is 9.39. The van der Waals surface area contributed by atoms with E-state index in [9.17, 15) is 28.1 Å². The zero-order valence-electron chi connectivity index (χ0n) is 9.39. The fourth-order valence-corrected chi connectivity index (χ4v) is 1.33. The first-order valence-corrected chi connectivity index (χ1v) is 4.72. The van der Waals surface area contributed by atoms with Crippen molar-refractivity contribution >= 4 is 11.7 Å². The number of alkyl halides is 3. The van der Waals surface area contributed by atoms with Crippen LogP contribution in [0.4, 0.5) is 18.9 Å². The van der Waals surface area contributed by atoms with Gasteiger partial charge in [0.2, 0.25) is 5.88 Å². The Labute approximate surface area is 103 Å². The summed E-state index contributed by atoms with van der Waals surface area (Å²) in [5, 5.41) is 19.3. The molecule has 0 amide bonds. The molecule has 0 aliphatic carbocycles. The van der Waals surface area contributed by atoms with E-state index >= 15 is 0 Å². The summed E-state index contributed by atoms with van der Waals surface area (Å²) in [6.07, 6.45) is -6.13. The van der Waals surface area contributed by atoms with Gasteiger partial charge in [0, 0.05) is 11.8 Å². The van der Waals surface area contributed by atoms with E-state index in [0.717, 1.165) is 6.07 Å². The number of carboxylic acids is 1. The number of aryl methyl sites for hydroxylation is 1. The van der Waals surface area contributed by atoms with Gasteiger partial charge in [-0.3, -0.25) is 14.9 Å². The van der Waals surface area contributed by atoms with Crippen LogP contribution in [0, 0.1) is 17.0 Å².